The quantitative estimate of drug-likeness (QED) is 0.492. The Bertz CT molecular complexity index is 625. The first-order valence-corrected chi connectivity index (χ1v) is 8.95. The molecule has 0 aliphatic heterocycles. The Balaban J connectivity index is 2.29. The summed E-state index contributed by atoms with van der Waals surface area (Å²) in [5, 5.41) is 0. The third kappa shape index (κ3) is 3.27. The minimum Gasteiger partial charge on any atom is -0.462 e. The van der Waals surface area contributed by atoms with Crippen LogP contribution < -0.4 is 0 Å². The molecule has 24 heavy (non-hydrogen) atoms. The van der Waals surface area contributed by atoms with Crippen molar-refractivity contribution in [2.75, 3.05) is 20.7 Å². The summed E-state index contributed by atoms with van der Waals surface area (Å²) >= 11 is 0. The number of Topliss-reactive ketones (excluding diaryl/α,β-unsaturated/α-hetero) is 1. The molecule has 0 unspecified atom stereocenters. The van der Waals surface area contributed by atoms with E-state index in [4.69, 9.17) is 4.74 Å². The number of ether oxygens (including phenoxy) is 1. The number of rotatable bonds is 6. The number of carbonyl (C=O) groups excluding carboxylic acids is 2. The molecule has 1 aliphatic rings. The second kappa shape index (κ2) is 7.09. The molecule has 0 spiro atoms. The highest BCUT2D eigenvalue weighted by molar-refractivity contribution is 6.03. The van der Waals surface area contributed by atoms with Crippen LogP contribution in [0, 0.1) is 13.8 Å². The zero-order chi connectivity index (χ0) is 18.1. The lowest BCUT2D eigenvalue weighted by molar-refractivity contribution is -0.927. The summed E-state index contributed by atoms with van der Waals surface area (Å²) in [5.41, 5.74) is 2.45. The van der Waals surface area contributed by atoms with Crippen LogP contribution in [0.3, 0.4) is 0 Å². The number of likely N-dealkylation sites (N-methyl/N-ethyl adjacent to an activating group) is 1. The van der Waals surface area contributed by atoms with Crippen LogP contribution in [0.15, 0.2) is 0 Å². The smallest absolute Gasteiger partial charge is 0.340 e. The number of quaternary nitrogens is 1. The summed E-state index contributed by atoms with van der Waals surface area (Å²) in [6, 6.07) is 0.379. The van der Waals surface area contributed by atoms with E-state index < -0.39 is 0 Å². The number of aromatic amines is 1. The minimum absolute atomic E-state index is 0.0723. The molecule has 2 rings (SSSR count). The fraction of sp³-hybridized carbons (Fsp3) is 0.684. The Morgan fingerprint density at radius 3 is 2.38 bits per heavy atom. The normalized spacial score (nSPS) is 17.1. The Labute approximate surface area is 145 Å². The molecule has 1 heterocycles. The van der Waals surface area contributed by atoms with E-state index in [1.165, 1.54) is 25.7 Å². The standard InChI is InChI=1S/C19H30N2O3/c1-7-24-19(23)16-12(2)17(20-13(16)3)18(22)14(4)21(5,6)15-10-8-9-11-15/h14-15H,7-11H2,1-6H3/p+1/t14-/m0/s1. The van der Waals surface area contributed by atoms with Gasteiger partial charge < -0.3 is 14.2 Å². The number of nitrogens with one attached hydrogen (secondary N) is 1. The zero-order valence-electron chi connectivity index (χ0n) is 15.9. The molecule has 0 aromatic carbocycles. The van der Waals surface area contributed by atoms with E-state index in [2.05, 4.69) is 19.1 Å². The Hall–Kier alpha value is -1.62. The number of nitrogens with zero attached hydrogens (tertiary/aromatic N) is 1. The van der Waals surface area contributed by atoms with Crippen molar-refractivity contribution >= 4 is 11.8 Å². The third-order valence-corrected chi connectivity index (χ3v) is 5.81. The highest BCUT2D eigenvalue weighted by atomic mass is 16.5. The summed E-state index contributed by atoms with van der Waals surface area (Å²) < 4.78 is 5.82. The van der Waals surface area contributed by atoms with E-state index >= 15 is 0 Å². The molecule has 1 aromatic rings. The molecule has 1 N–H and O–H groups in total. The molecule has 5 nitrogen and oxygen atoms in total. The van der Waals surface area contributed by atoms with Gasteiger partial charge in [-0.05, 0) is 58.9 Å². The van der Waals surface area contributed by atoms with Crippen molar-refractivity contribution in [1.29, 1.82) is 0 Å². The summed E-state index contributed by atoms with van der Waals surface area (Å²) in [7, 11) is 4.30. The van der Waals surface area contributed by atoms with Gasteiger partial charge in [0.15, 0.2) is 6.04 Å². The first-order chi connectivity index (χ1) is 11.2. The van der Waals surface area contributed by atoms with Crippen LogP contribution in [0.5, 0.6) is 0 Å². The predicted octanol–water partition coefficient (Wildman–Crippen LogP) is 3.40. The van der Waals surface area contributed by atoms with Crippen LogP contribution in [-0.4, -0.2) is 54.0 Å². The number of ketones is 1. The summed E-state index contributed by atoms with van der Waals surface area (Å²) in [6.07, 6.45) is 4.87. The SMILES string of the molecule is CCOC(=O)c1c(C)[nH]c(C(=O)[C@H](C)[N+](C)(C)C2CCCC2)c1C. The van der Waals surface area contributed by atoms with Gasteiger partial charge in [-0.3, -0.25) is 4.79 Å². The van der Waals surface area contributed by atoms with Gasteiger partial charge in [0.05, 0.1) is 38.0 Å². The van der Waals surface area contributed by atoms with E-state index in [0.717, 1.165) is 0 Å². The minimum atomic E-state index is -0.361. The first kappa shape index (κ1) is 18.7. The molecule has 5 heteroatoms. The van der Waals surface area contributed by atoms with Crippen LogP contribution >= 0.6 is 0 Å². The monoisotopic (exact) mass is 335 g/mol. The average molecular weight is 335 g/mol. The van der Waals surface area contributed by atoms with Gasteiger partial charge in [0.25, 0.3) is 0 Å². The van der Waals surface area contributed by atoms with Crippen molar-refractivity contribution in [3.05, 3.63) is 22.5 Å². The van der Waals surface area contributed by atoms with Gasteiger partial charge in [-0.15, -0.1) is 0 Å². The molecule has 0 bridgehead atoms. The average Bonchev–Trinajstić information content (AvgIpc) is 3.14. The fourth-order valence-corrected chi connectivity index (χ4v) is 3.90. The topological polar surface area (TPSA) is 59.2 Å². The van der Waals surface area contributed by atoms with Gasteiger partial charge in [-0.1, -0.05) is 0 Å². The molecule has 1 fully saturated rings. The van der Waals surface area contributed by atoms with Crippen LogP contribution in [0.1, 0.15) is 71.6 Å². The van der Waals surface area contributed by atoms with Crippen molar-refractivity contribution in [2.24, 2.45) is 0 Å². The van der Waals surface area contributed by atoms with Crippen LogP contribution in [0.4, 0.5) is 0 Å². The van der Waals surface area contributed by atoms with E-state index in [1.54, 1.807) is 6.92 Å². The number of H-pyrrole nitrogens is 1. The Kier molecular flexibility index (Phi) is 5.53. The van der Waals surface area contributed by atoms with Gasteiger partial charge in [-0.25, -0.2) is 4.79 Å². The van der Waals surface area contributed by atoms with Crippen molar-refractivity contribution in [2.45, 2.75) is 65.5 Å². The lowest BCUT2D eigenvalue weighted by Crippen LogP contribution is -2.56. The second-order valence-electron chi connectivity index (χ2n) is 7.45. The highest BCUT2D eigenvalue weighted by Gasteiger charge is 2.40. The summed E-state index contributed by atoms with van der Waals surface area (Å²) in [6.45, 7) is 7.75. The Morgan fingerprint density at radius 2 is 1.83 bits per heavy atom. The molecule has 1 aromatic heterocycles. The van der Waals surface area contributed by atoms with E-state index in [0.29, 0.717) is 39.6 Å². The molecule has 134 valence electrons. The van der Waals surface area contributed by atoms with Crippen molar-refractivity contribution < 1.29 is 18.8 Å². The molecule has 0 radical (unpaired) electrons. The molecule has 0 amide bonds. The van der Waals surface area contributed by atoms with Gasteiger partial charge in [-0.2, -0.15) is 0 Å². The highest BCUT2D eigenvalue weighted by Crippen LogP contribution is 2.30. The maximum absolute atomic E-state index is 13.1. The van der Waals surface area contributed by atoms with Gasteiger partial charge in [0.2, 0.25) is 5.78 Å². The zero-order valence-corrected chi connectivity index (χ0v) is 15.9. The molecule has 1 atom stereocenters. The maximum atomic E-state index is 13.1. The van der Waals surface area contributed by atoms with Crippen LogP contribution in [-0.2, 0) is 4.74 Å². The largest absolute Gasteiger partial charge is 0.462 e. The number of hydrogen-bond donors (Lipinski definition) is 1. The number of hydrogen-bond acceptors (Lipinski definition) is 3. The van der Waals surface area contributed by atoms with E-state index in [-0.39, 0.29) is 17.8 Å². The summed E-state index contributed by atoms with van der Waals surface area (Å²) in [4.78, 5) is 28.4. The molecule has 0 saturated heterocycles. The van der Waals surface area contributed by atoms with E-state index in [9.17, 15) is 9.59 Å². The lowest BCUT2D eigenvalue weighted by Gasteiger charge is -2.40. The number of aryl methyl sites for hydroxylation is 1. The van der Waals surface area contributed by atoms with Gasteiger partial charge >= 0.3 is 5.97 Å². The predicted molar refractivity (Wildman–Crippen MR) is 94.4 cm³/mol. The third-order valence-electron chi connectivity index (χ3n) is 5.81. The number of aromatic nitrogens is 1. The van der Waals surface area contributed by atoms with E-state index in [1.807, 2.05) is 20.8 Å². The summed E-state index contributed by atoms with van der Waals surface area (Å²) in [5.74, 6) is -0.289. The molecular formula is C19H31N2O3+. The van der Waals surface area contributed by atoms with Crippen LogP contribution in [0.25, 0.3) is 0 Å². The number of carbonyl (C=O) groups is 2. The fourth-order valence-electron chi connectivity index (χ4n) is 3.90. The van der Waals surface area contributed by atoms with Crippen LogP contribution in [0.2, 0.25) is 0 Å². The van der Waals surface area contributed by atoms with Gasteiger partial charge in [0.1, 0.15) is 0 Å². The van der Waals surface area contributed by atoms with Crippen molar-refractivity contribution in [3.8, 4) is 0 Å². The molecular weight excluding hydrogens is 304 g/mol. The number of esters is 1. The first-order valence-electron chi connectivity index (χ1n) is 8.95. The molecule has 1 aliphatic carbocycles. The maximum Gasteiger partial charge on any atom is 0.340 e. The van der Waals surface area contributed by atoms with Gasteiger partial charge in [0, 0.05) is 5.69 Å². The van der Waals surface area contributed by atoms with Crippen molar-refractivity contribution in [1.82, 2.24) is 4.98 Å². The second-order valence-corrected chi connectivity index (χ2v) is 7.45. The molecule has 1 saturated carbocycles. The Morgan fingerprint density at radius 1 is 1.25 bits per heavy atom. The van der Waals surface area contributed by atoms with Crippen molar-refractivity contribution in [3.63, 3.8) is 0 Å². The lowest BCUT2D eigenvalue weighted by atomic mass is 10.0.